The lowest BCUT2D eigenvalue weighted by Crippen LogP contribution is -2.13. The van der Waals surface area contributed by atoms with Crippen molar-refractivity contribution in [2.45, 2.75) is 13.8 Å². The highest BCUT2D eigenvalue weighted by Crippen LogP contribution is 2.27. The molecule has 1 N–H and O–H groups in total. The molecular formula is C11H9Cl2N3OS. The first kappa shape index (κ1) is 13.3. The van der Waals surface area contributed by atoms with Gasteiger partial charge < -0.3 is 5.32 Å². The molecule has 0 aromatic carbocycles. The van der Waals surface area contributed by atoms with Gasteiger partial charge in [0.2, 0.25) is 0 Å². The van der Waals surface area contributed by atoms with E-state index in [4.69, 9.17) is 23.2 Å². The molecule has 0 radical (unpaired) electrons. The second-order valence-corrected chi connectivity index (χ2v) is 5.25. The number of aromatic nitrogens is 2. The normalized spacial score (nSPS) is 10.4. The van der Waals surface area contributed by atoms with Gasteiger partial charge >= 0.3 is 0 Å². The van der Waals surface area contributed by atoms with Crippen LogP contribution in [-0.4, -0.2) is 15.9 Å². The van der Waals surface area contributed by atoms with Crippen molar-refractivity contribution >= 4 is 46.1 Å². The maximum atomic E-state index is 12.0. The van der Waals surface area contributed by atoms with Crippen molar-refractivity contribution in [3.05, 3.63) is 38.0 Å². The summed E-state index contributed by atoms with van der Waals surface area (Å²) < 4.78 is 0. The van der Waals surface area contributed by atoms with Gasteiger partial charge in [0.25, 0.3) is 5.91 Å². The van der Waals surface area contributed by atoms with Crippen molar-refractivity contribution < 1.29 is 4.79 Å². The molecule has 0 atom stereocenters. The highest BCUT2D eigenvalue weighted by molar-refractivity contribution is 7.12. The average molecular weight is 302 g/mol. The van der Waals surface area contributed by atoms with E-state index in [0.29, 0.717) is 21.4 Å². The number of nitrogens with zero attached hydrogens (tertiary/aromatic N) is 2. The molecule has 0 saturated heterocycles. The molecule has 2 heterocycles. The zero-order chi connectivity index (χ0) is 13.3. The van der Waals surface area contributed by atoms with E-state index in [0.717, 1.165) is 5.56 Å². The predicted octanol–water partition coefficient (Wildman–Crippen LogP) is 3.71. The number of aryl methyl sites for hydroxylation is 2. The molecule has 0 aliphatic heterocycles. The summed E-state index contributed by atoms with van der Waals surface area (Å²) in [7, 11) is 0. The van der Waals surface area contributed by atoms with Gasteiger partial charge in [-0.2, -0.15) is 0 Å². The number of anilines is 1. The van der Waals surface area contributed by atoms with E-state index < -0.39 is 0 Å². The van der Waals surface area contributed by atoms with Gasteiger partial charge in [0, 0.05) is 0 Å². The molecule has 2 aromatic heterocycles. The number of thiazole rings is 1. The lowest BCUT2D eigenvalue weighted by Gasteiger charge is -2.09. The molecule has 0 spiro atoms. The summed E-state index contributed by atoms with van der Waals surface area (Å²) in [6, 6.07) is 1.64. The van der Waals surface area contributed by atoms with Crippen LogP contribution in [0.2, 0.25) is 10.3 Å². The molecule has 1 amide bonds. The Labute approximate surface area is 118 Å². The van der Waals surface area contributed by atoms with Crippen LogP contribution in [0.3, 0.4) is 0 Å². The number of halogens is 2. The molecule has 2 aromatic rings. The molecule has 0 aliphatic rings. The Balaban J connectivity index is 2.31. The third-order valence-corrected chi connectivity index (χ3v) is 3.73. The molecule has 0 bridgehead atoms. The van der Waals surface area contributed by atoms with Crippen LogP contribution in [0.15, 0.2) is 11.6 Å². The second kappa shape index (κ2) is 5.22. The van der Waals surface area contributed by atoms with E-state index >= 15 is 0 Å². The van der Waals surface area contributed by atoms with Gasteiger partial charge in [-0.25, -0.2) is 9.97 Å². The highest BCUT2D eigenvalue weighted by atomic mass is 35.5. The summed E-state index contributed by atoms with van der Waals surface area (Å²) in [5, 5.41) is 3.20. The molecular weight excluding hydrogens is 293 g/mol. The largest absolute Gasteiger partial charge is 0.318 e. The molecule has 7 heteroatoms. The van der Waals surface area contributed by atoms with Crippen LogP contribution in [0.1, 0.15) is 20.9 Å². The predicted molar refractivity (Wildman–Crippen MR) is 73.8 cm³/mol. The Morgan fingerprint density at radius 3 is 2.67 bits per heavy atom. The first-order valence-corrected chi connectivity index (χ1v) is 6.66. The van der Waals surface area contributed by atoms with Crippen LogP contribution in [0.25, 0.3) is 0 Å². The molecule has 0 unspecified atom stereocenters. The Morgan fingerprint density at radius 2 is 2.11 bits per heavy atom. The van der Waals surface area contributed by atoms with Gasteiger partial charge in [-0.05, 0) is 25.5 Å². The van der Waals surface area contributed by atoms with E-state index in [2.05, 4.69) is 15.3 Å². The quantitative estimate of drug-likeness (QED) is 0.860. The third kappa shape index (κ3) is 2.63. The maximum absolute atomic E-state index is 12.0. The standard InChI is InChI=1S/C11H9Cl2N3OS/c1-5-3-7(12)15-10(13)8(5)16-11(17)9-6(2)14-4-18-9/h3-4H,1-2H3,(H,16,17). The van der Waals surface area contributed by atoms with E-state index in [1.165, 1.54) is 11.3 Å². The average Bonchev–Trinajstić information content (AvgIpc) is 2.69. The van der Waals surface area contributed by atoms with Crippen molar-refractivity contribution in [1.29, 1.82) is 0 Å². The van der Waals surface area contributed by atoms with Crippen LogP contribution >= 0.6 is 34.5 Å². The molecule has 0 aliphatic carbocycles. The van der Waals surface area contributed by atoms with Gasteiger partial charge in [-0.15, -0.1) is 11.3 Å². The van der Waals surface area contributed by atoms with Crippen LogP contribution in [-0.2, 0) is 0 Å². The fourth-order valence-electron chi connectivity index (χ4n) is 1.44. The van der Waals surface area contributed by atoms with Crippen molar-refractivity contribution in [3.63, 3.8) is 0 Å². The second-order valence-electron chi connectivity index (χ2n) is 3.65. The number of pyridine rings is 1. The number of hydrogen-bond acceptors (Lipinski definition) is 4. The van der Waals surface area contributed by atoms with Crippen molar-refractivity contribution in [3.8, 4) is 0 Å². The first-order chi connectivity index (χ1) is 8.49. The Hall–Kier alpha value is -1.17. The Bertz CT molecular complexity index is 589. The number of nitrogens with one attached hydrogen (secondary N) is 1. The van der Waals surface area contributed by atoms with Crippen molar-refractivity contribution in [2.24, 2.45) is 0 Å². The smallest absolute Gasteiger partial charge is 0.267 e. The van der Waals surface area contributed by atoms with E-state index in [9.17, 15) is 4.79 Å². The summed E-state index contributed by atoms with van der Waals surface area (Å²) in [4.78, 5) is 20.5. The van der Waals surface area contributed by atoms with Gasteiger partial charge in [0.15, 0.2) is 5.15 Å². The van der Waals surface area contributed by atoms with Crippen LogP contribution in [0, 0.1) is 13.8 Å². The molecule has 4 nitrogen and oxygen atoms in total. The van der Waals surface area contributed by atoms with E-state index in [1.807, 2.05) is 0 Å². The number of amides is 1. The highest BCUT2D eigenvalue weighted by Gasteiger charge is 2.15. The molecule has 2 rings (SSSR count). The zero-order valence-electron chi connectivity index (χ0n) is 9.62. The summed E-state index contributed by atoms with van der Waals surface area (Å²) in [6.07, 6.45) is 0. The maximum Gasteiger partial charge on any atom is 0.267 e. The number of carbonyl (C=O) groups excluding carboxylic acids is 1. The lowest BCUT2D eigenvalue weighted by atomic mass is 10.2. The molecule has 0 saturated carbocycles. The van der Waals surface area contributed by atoms with Crippen LogP contribution < -0.4 is 5.32 Å². The number of hydrogen-bond donors (Lipinski definition) is 1. The molecule has 18 heavy (non-hydrogen) atoms. The van der Waals surface area contributed by atoms with Gasteiger partial charge in [-0.3, -0.25) is 4.79 Å². The fourth-order valence-corrected chi connectivity index (χ4v) is 2.71. The van der Waals surface area contributed by atoms with Crippen LogP contribution in [0.4, 0.5) is 5.69 Å². The van der Waals surface area contributed by atoms with Gasteiger partial charge in [0.1, 0.15) is 10.0 Å². The summed E-state index contributed by atoms with van der Waals surface area (Å²) >= 11 is 13.0. The fraction of sp³-hybridized carbons (Fsp3) is 0.182. The van der Waals surface area contributed by atoms with E-state index in [-0.39, 0.29) is 11.1 Å². The molecule has 0 fully saturated rings. The SMILES string of the molecule is Cc1cc(Cl)nc(Cl)c1NC(=O)c1scnc1C. The number of rotatable bonds is 2. The Morgan fingerprint density at radius 1 is 1.39 bits per heavy atom. The van der Waals surface area contributed by atoms with E-state index in [1.54, 1.807) is 25.4 Å². The van der Waals surface area contributed by atoms with Gasteiger partial charge in [-0.1, -0.05) is 23.2 Å². The van der Waals surface area contributed by atoms with Crippen LogP contribution in [0.5, 0.6) is 0 Å². The van der Waals surface area contributed by atoms with Crippen molar-refractivity contribution in [1.82, 2.24) is 9.97 Å². The van der Waals surface area contributed by atoms with Crippen molar-refractivity contribution in [2.75, 3.05) is 5.32 Å². The zero-order valence-corrected chi connectivity index (χ0v) is 11.9. The Kier molecular flexibility index (Phi) is 3.85. The summed E-state index contributed by atoms with van der Waals surface area (Å²) in [5.41, 5.74) is 3.54. The van der Waals surface area contributed by atoms with Gasteiger partial charge in [0.05, 0.1) is 16.9 Å². The minimum absolute atomic E-state index is 0.176. The lowest BCUT2D eigenvalue weighted by molar-refractivity contribution is 0.102. The minimum Gasteiger partial charge on any atom is -0.318 e. The third-order valence-electron chi connectivity index (χ3n) is 2.33. The first-order valence-electron chi connectivity index (χ1n) is 5.03. The summed E-state index contributed by atoms with van der Waals surface area (Å²) in [6.45, 7) is 3.58. The molecule has 94 valence electrons. The topological polar surface area (TPSA) is 54.9 Å². The monoisotopic (exact) mass is 301 g/mol. The number of carbonyl (C=O) groups is 1. The minimum atomic E-state index is -0.246. The summed E-state index contributed by atoms with van der Waals surface area (Å²) in [5.74, 6) is -0.246.